The van der Waals surface area contributed by atoms with E-state index in [4.69, 9.17) is 0 Å². The number of aromatic nitrogens is 1. The van der Waals surface area contributed by atoms with Gasteiger partial charge in [-0.1, -0.05) is 0 Å². The standard InChI is InChI=1S/C14H13NO3/c1-9-5-11(8-15-7-9)12-4-3-10(6-13(12)16)14(17)18-2/h3-8,16H,1-2H3. The second kappa shape index (κ2) is 4.87. The minimum absolute atomic E-state index is 0.0327. The first-order chi connectivity index (χ1) is 8.61. The molecule has 0 aliphatic heterocycles. The molecule has 18 heavy (non-hydrogen) atoms. The summed E-state index contributed by atoms with van der Waals surface area (Å²) >= 11 is 0. The first-order valence-corrected chi connectivity index (χ1v) is 5.45. The highest BCUT2D eigenvalue weighted by Crippen LogP contribution is 2.30. The van der Waals surface area contributed by atoms with Gasteiger partial charge in [0, 0.05) is 23.5 Å². The van der Waals surface area contributed by atoms with Crippen LogP contribution in [0.15, 0.2) is 36.7 Å². The number of phenols is 1. The molecule has 0 radical (unpaired) electrons. The molecule has 0 atom stereocenters. The van der Waals surface area contributed by atoms with E-state index in [1.165, 1.54) is 13.2 Å². The summed E-state index contributed by atoms with van der Waals surface area (Å²) in [7, 11) is 1.30. The highest BCUT2D eigenvalue weighted by molar-refractivity contribution is 5.91. The number of benzene rings is 1. The minimum Gasteiger partial charge on any atom is -0.507 e. The Hall–Kier alpha value is -2.36. The molecule has 1 aromatic carbocycles. The molecule has 0 unspecified atom stereocenters. The van der Waals surface area contributed by atoms with Crippen molar-refractivity contribution in [2.45, 2.75) is 6.92 Å². The Balaban J connectivity index is 2.45. The molecule has 0 spiro atoms. The van der Waals surface area contributed by atoms with Gasteiger partial charge in [0.05, 0.1) is 12.7 Å². The van der Waals surface area contributed by atoms with Gasteiger partial charge in [-0.15, -0.1) is 0 Å². The Bertz CT molecular complexity index is 593. The Labute approximate surface area is 105 Å². The number of aryl methyl sites for hydroxylation is 1. The van der Waals surface area contributed by atoms with Crippen molar-refractivity contribution in [2.24, 2.45) is 0 Å². The van der Waals surface area contributed by atoms with Crippen LogP contribution in [0.3, 0.4) is 0 Å². The second-order valence-electron chi connectivity index (χ2n) is 3.97. The molecule has 2 aromatic rings. The maximum absolute atomic E-state index is 11.3. The predicted molar refractivity (Wildman–Crippen MR) is 67.4 cm³/mol. The molecule has 0 bridgehead atoms. The Morgan fingerprint density at radius 1 is 1.28 bits per heavy atom. The zero-order valence-electron chi connectivity index (χ0n) is 10.2. The highest BCUT2D eigenvalue weighted by Gasteiger charge is 2.10. The van der Waals surface area contributed by atoms with Gasteiger partial charge in [-0.25, -0.2) is 4.79 Å². The Morgan fingerprint density at radius 3 is 2.67 bits per heavy atom. The van der Waals surface area contributed by atoms with Crippen molar-refractivity contribution >= 4 is 5.97 Å². The number of nitrogens with zero attached hydrogens (tertiary/aromatic N) is 1. The first-order valence-electron chi connectivity index (χ1n) is 5.45. The third kappa shape index (κ3) is 2.32. The SMILES string of the molecule is COC(=O)c1ccc(-c2cncc(C)c2)c(O)c1. The van der Waals surface area contributed by atoms with E-state index >= 15 is 0 Å². The van der Waals surface area contributed by atoms with Crippen LogP contribution in [-0.4, -0.2) is 23.2 Å². The van der Waals surface area contributed by atoms with E-state index in [1.54, 1.807) is 24.5 Å². The van der Waals surface area contributed by atoms with Crippen LogP contribution in [0.25, 0.3) is 11.1 Å². The number of phenolic OH excluding ortho intramolecular Hbond substituents is 1. The number of carbonyl (C=O) groups excluding carboxylic acids is 1. The van der Waals surface area contributed by atoms with Crippen molar-refractivity contribution in [2.75, 3.05) is 7.11 Å². The fraction of sp³-hybridized carbons (Fsp3) is 0.143. The largest absolute Gasteiger partial charge is 0.507 e. The lowest BCUT2D eigenvalue weighted by Gasteiger charge is -2.07. The van der Waals surface area contributed by atoms with Crippen LogP contribution in [0.5, 0.6) is 5.75 Å². The summed E-state index contributed by atoms with van der Waals surface area (Å²) in [5.74, 6) is -0.440. The van der Waals surface area contributed by atoms with E-state index in [2.05, 4.69) is 9.72 Å². The van der Waals surface area contributed by atoms with Crippen LogP contribution in [-0.2, 0) is 4.74 Å². The summed E-state index contributed by atoms with van der Waals surface area (Å²) in [4.78, 5) is 15.4. The van der Waals surface area contributed by atoms with Crippen LogP contribution in [0.4, 0.5) is 0 Å². The molecule has 0 aliphatic carbocycles. The number of pyridine rings is 1. The van der Waals surface area contributed by atoms with E-state index in [1.807, 2.05) is 13.0 Å². The van der Waals surface area contributed by atoms with Gasteiger partial charge in [0.25, 0.3) is 0 Å². The number of hydrogen-bond acceptors (Lipinski definition) is 4. The average molecular weight is 243 g/mol. The zero-order valence-corrected chi connectivity index (χ0v) is 10.2. The number of carbonyl (C=O) groups is 1. The minimum atomic E-state index is -0.473. The van der Waals surface area contributed by atoms with Gasteiger partial charge < -0.3 is 9.84 Å². The molecule has 1 aromatic heterocycles. The normalized spacial score (nSPS) is 10.1. The van der Waals surface area contributed by atoms with Crippen LogP contribution in [0.1, 0.15) is 15.9 Å². The number of hydrogen-bond donors (Lipinski definition) is 1. The van der Waals surface area contributed by atoms with E-state index in [0.717, 1.165) is 11.1 Å². The molecule has 4 heteroatoms. The Morgan fingerprint density at radius 2 is 2.06 bits per heavy atom. The summed E-state index contributed by atoms with van der Waals surface area (Å²) in [6.07, 6.45) is 3.41. The first kappa shape index (κ1) is 12.1. The number of methoxy groups -OCH3 is 1. The number of ether oxygens (including phenoxy) is 1. The molecule has 0 saturated heterocycles. The predicted octanol–water partition coefficient (Wildman–Crippen LogP) is 2.55. The third-order valence-corrected chi connectivity index (χ3v) is 2.60. The average Bonchev–Trinajstić information content (AvgIpc) is 2.37. The summed E-state index contributed by atoms with van der Waals surface area (Å²) in [6, 6.07) is 6.60. The fourth-order valence-corrected chi connectivity index (χ4v) is 1.72. The Kier molecular flexibility index (Phi) is 3.28. The lowest BCUT2D eigenvalue weighted by atomic mass is 10.0. The smallest absolute Gasteiger partial charge is 0.337 e. The molecular weight excluding hydrogens is 230 g/mol. The van der Waals surface area contributed by atoms with E-state index in [0.29, 0.717) is 11.1 Å². The number of esters is 1. The molecule has 0 fully saturated rings. The second-order valence-corrected chi connectivity index (χ2v) is 3.97. The monoisotopic (exact) mass is 243 g/mol. The quantitative estimate of drug-likeness (QED) is 0.823. The summed E-state index contributed by atoms with van der Waals surface area (Å²) in [5, 5.41) is 9.94. The van der Waals surface area contributed by atoms with Gasteiger partial charge in [0.15, 0.2) is 0 Å². The van der Waals surface area contributed by atoms with Crippen LogP contribution in [0, 0.1) is 6.92 Å². The van der Waals surface area contributed by atoms with Gasteiger partial charge >= 0.3 is 5.97 Å². The van der Waals surface area contributed by atoms with Gasteiger partial charge in [-0.05, 0) is 36.8 Å². The molecule has 2 rings (SSSR count). The fourth-order valence-electron chi connectivity index (χ4n) is 1.72. The van der Waals surface area contributed by atoms with Crippen molar-refractivity contribution in [1.29, 1.82) is 0 Å². The maximum atomic E-state index is 11.3. The van der Waals surface area contributed by atoms with Gasteiger partial charge in [0.1, 0.15) is 5.75 Å². The van der Waals surface area contributed by atoms with Crippen LogP contribution in [0.2, 0.25) is 0 Å². The molecule has 1 heterocycles. The lowest BCUT2D eigenvalue weighted by molar-refractivity contribution is 0.0600. The molecule has 92 valence electrons. The highest BCUT2D eigenvalue weighted by atomic mass is 16.5. The molecule has 0 aliphatic rings. The summed E-state index contributed by atoms with van der Waals surface area (Å²) in [6.45, 7) is 1.93. The number of rotatable bonds is 2. The molecular formula is C14H13NO3. The lowest BCUT2D eigenvalue weighted by Crippen LogP contribution is -2.00. The summed E-state index contributed by atoms with van der Waals surface area (Å²) < 4.78 is 4.59. The third-order valence-electron chi connectivity index (χ3n) is 2.60. The summed E-state index contributed by atoms with van der Waals surface area (Å²) in [5.41, 5.74) is 2.77. The van der Waals surface area contributed by atoms with Gasteiger partial charge in [-0.3, -0.25) is 4.98 Å². The molecule has 1 N–H and O–H groups in total. The van der Waals surface area contributed by atoms with Crippen molar-refractivity contribution in [3.8, 4) is 16.9 Å². The van der Waals surface area contributed by atoms with E-state index in [9.17, 15) is 9.90 Å². The van der Waals surface area contributed by atoms with Crippen molar-refractivity contribution < 1.29 is 14.6 Å². The topological polar surface area (TPSA) is 59.4 Å². The molecule has 4 nitrogen and oxygen atoms in total. The number of aromatic hydroxyl groups is 1. The van der Waals surface area contributed by atoms with Crippen molar-refractivity contribution in [3.63, 3.8) is 0 Å². The van der Waals surface area contributed by atoms with Crippen LogP contribution < -0.4 is 0 Å². The molecule has 0 saturated carbocycles. The van der Waals surface area contributed by atoms with Crippen molar-refractivity contribution in [3.05, 3.63) is 47.8 Å². The van der Waals surface area contributed by atoms with Crippen molar-refractivity contribution in [1.82, 2.24) is 4.98 Å². The van der Waals surface area contributed by atoms with E-state index in [-0.39, 0.29) is 5.75 Å². The van der Waals surface area contributed by atoms with Gasteiger partial charge in [-0.2, -0.15) is 0 Å². The zero-order chi connectivity index (χ0) is 13.1. The maximum Gasteiger partial charge on any atom is 0.337 e. The molecule has 0 amide bonds. The van der Waals surface area contributed by atoms with Gasteiger partial charge in [0.2, 0.25) is 0 Å². The van der Waals surface area contributed by atoms with E-state index < -0.39 is 5.97 Å². The van der Waals surface area contributed by atoms with Crippen LogP contribution >= 0.6 is 0 Å².